The molecule has 2 N–H and O–H groups in total. The Morgan fingerprint density at radius 2 is 1.62 bits per heavy atom. The molecule has 0 radical (unpaired) electrons. The van der Waals surface area contributed by atoms with Crippen molar-refractivity contribution >= 4 is 46.0 Å². The fraction of sp³-hybridized carbons (Fsp3) is 0.353. The van der Waals surface area contributed by atoms with E-state index in [0.717, 1.165) is 48.8 Å². The van der Waals surface area contributed by atoms with Gasteiger partial charge in [-0.15, -0.1) is 0 Å². The summed E-state index contributed by atoms with van der Waals surface area (Å²) in [5.74, 6) is -1.14. The summed E-state index contributed by atoms with van der Waals surface area (Å²) in [6, 6.07) is 16.0. The standard InChI is InChI=1S/C34H36Cl2N4O5/c1-3-37-20-22-14-17-29-25(18-22)32(42)40(34(44)39(29)2)23-15-12-21(13-16-23)19-28(33(43)45-24-8-5-4-6-9-24)38-31(41)30-26(35)10-7-11-27(30)36/h7,10-18,24,28,37H,3-6,8-9,19-20H2,1-2H3,(H,38,41)/t28-/m0/s1. The molecule has 0 saturated heterocycles. The maximum atomic E-state index is 13.6. The number of amides is 1. The lowest BCUT2D eigenvalue weighted by Gasteiger charge is -2.25. The van der Waals surface area contributed by atoms with Crippen molar-refractivity contribution in [1.82, 2.24) is 19.8 Å². The molecule has 0 aliphatic heterocycles. The number of aromatic nitrogens is 2. The summed E-state index contributed by atoms with van der Waals surface area (Å²) in [4.78, 5) is 53.5. The van der Waals surface area contributed by atoms with E-state index in [4.69, 9.17) is 27.9 Å². The molecule has 1 fully saturated rings. The Hall–Kier alpha value is -3.92. The fourth-order valence-electron chi connectivity index (χ4n) is 5.70. The van der Waals surface area contributed by atoms with E-state index in [9.17, 15) is 19.2 Å². The monoisotopic (exact) mass is 650 g/mol. The van der Waals surface area contributed by atoms with Gasteiger partial charge in [0, 0.05) is 20.0 Å². The minimum absolute atomic E-state index is 0.0757. The molecule has 4 aromatic rings. The summed E-state index contributed by atoms with van der Waals surface area (Å²) >= 11 is 12.5. The van der Waals surface area contributed by atoms with E-state index in [0.29, 0.717) is 28.7 Å². The summed E-state index contributed by atoms with van der Waals surface area (Å²) in [7, 11) is 1.63. The molecular weight excluding hydrogens is 615 g/mol. The first-order valence-corrected chi connectivity index (χ1v) is 15.9. The van der Waals surface area contributed by atoms with Crippen LogP contribution in [0.1, 0.15) is 60.5 Å². The highest BCUT2D eigenvalue weighted by Gasteiger charge is 2.28. The molecule has 0 spiro atoms. The zero-order valence-corrected chi connectivity index (χ0v) is 26.8. The second-order valence-corrected chi connectivity index (χ2v) is 12.1. The van der Waals surface area contributed by atoms with Crippen LogP contribution in [0.2, 0.25) is 10.0 Å². The molecule has 1 amide bonds. The molecule has 11 heteroatoms. The lowest BCUT2D eigenvalue weighted by atomic mass is 9.97. The normalized spacial score (nSPS) is 14.3. The molecule has 1 aliphatic carbocycles. The lowest BCUT2D eigenvalue weighted by Crippen LogP contribution is -2.44. The number of hydrogen-bond donors (Lipinski definition) is 2. The van der Waals surface area contributed by atoms with Gasteiger partial charge >= 0.3 is 11.7 Å². The van der Waals surface area contributed by atoms with Crippen LogP contribution in [0.3, 0.4) is 0 Å². The van der Waals surface area contributed by atoms with Gasteiger partial charge in [0.05, 0.1) is 32.2 Å². The highest BCUT2D eigenvalue weighted by Crippen LogP contribution is 2.25. The van der Waals surface area contributed by atoms with E-state index in [1.54, 1.807) is 61.6 Å². The van der Waals surface area contributed by atoms with Gasteiger partial charge in [-0.3, -0.25) is 14.2 Å². The molecule has 9 nitrogen and oxygen atoms in total. The Morgan fingerprint density at radius 3 is 2.29 bits per heavy atom. The number of carbonyl (C=O) groups excluding carboxylic acids is 2. The number of hydrogen-bond acceptors (Lipinski definition) is 6. The second kappa shape index (κ2) is 14.5. The van der Waals surface area contributed by atoms with Crippen LogP contribution in [0.4, 0.5) is 0 Å². The maximum absolute atomic E-state index is 13.6. The summed E-state index contributed by atoms with van der Waals surface area (Å²) in [6.45, 7) is 3.40. The minimum Gasteiger partial charge on any atom is -0.461 e. The van der Waals surface area contributed by atoms with E-state index >= 15 is 0 Å². The number of rotatable bonds is 10. The van der Waals surface area contributed by atoms with E-state index in [1.165, 1.54) is 4.57 Å². The molecule has 236 valence electrons. The van der Waals surface area contributed by atoms with Crippen LogP contribution in [-0.4, -0.2) is 39.7 Å². The van der Waals surface area contributed by atoms with Crippen LogP contribution in [0.5, 0.6) is 0 Å². The minimum atomic E-state index is -1.02. The second-order valence-electron chi connectivity index (χ2n) is 11.3. The van der Waals surface area contributed by atoms with Gasteiger partial charge in [-0.1, -0.05) is 60.8 Å². The van der Waals surface area contributed by atoms with Crippen LogP contribution < -0.4 is 21.9 Å². The smallest absolute Gasteiger partial charge is 0.335 e. The molecule has 1 atom stereocenters. The molecule has 1 aliphatic rings. The molecule has 0 unspecified atom stereocenters. The average Bonchev–Trinajstić information content (AvgIpc) is 3.03. The molecular formula is C34H36Cl2N4O5. The average molecular weight is 652 g/mol. The molecule has 5 rings (SSSR count). The van der Waals surface area contributed by atoms with Crippen molar-refractivity contribution < 1.29 is 14.3 Å². The zero-order chi connectivity index (χ0) is 32.1. The van der Waals surface area contributed by atoms with E-state index in [2.05, 4.69) is 10.6 Å². The number of esters is 1. The Kier molecular flexibility index (Phi) is 10.4. The molecule has 1 heterocycles. The lowest BCUT2D eigenvalue weighted by molar-refractivity contribution is -0.152. The summed E-state index contributed by atoms with van der Waals surface area (Å²) in [6.07, 6.45) is 4.54. The SMILES string of the molecule is CCNCc1ccc2c(c1)c(=O)n(-c1ccc(C[C@H](NC(=O)c3c(Cl)cccc3Cl)C(=O)OC3CCCCC3)cc1)c(=O)n2C. The number of ether oxygens (including phenoxy) is 1. The Balaban J connectivity index is 1.43. The number of aryl methyl sites for hydroxylation is 1. The van der Waals surface area contributed by atoms with Crippen molar-refractivity contribution in [2.45, 2.75) is 64.1 Å². The van der Waals surface area contributed by atoms with Gasteiger partial charge in [-0.25, -0.2) is 14.2 Å². The van der Waals surface area contributed by atoms with Gasteiger partial charge in [-0.05, 0) is 79.8 Å². The number of fused-ring (bicyclic) bond motifs is 1. The van der Waals surface area contributed by atoms with Gasteiger partial charge in [0.25, 0.3) is 11.5 Å². The van der Waals surface area contributed by atoms with Gasteiger partial charge in [0.15, 0.2) is 0 Å². The molecule has 1 aromatic heterocycles. The Bertz CT molecular complexity index is 1810. The van der Waals surface area contributed by atoms with Gasteiger partial charge in [0.2, 0.25) is 0 Å². The Morgan fingerprint density at radius 1 is 0.956 bits per heavy atom. The number of benzene rings is 3. The highest BCUT2D eigenvalue weighted by atomic mass is 35.5. The van der Waals surface area contributed by atoms with Crippen LogP contribution in [0.15, 0.2) is 70.3 Å². The van der Waals surface area contributed by atoms with Gasteiger partial charge in [0.1, 0.15) is 12.1 Å². The van der Waals surface area contributed by atoms with Crippen molar-refractivity contribution in [3.8, 4) is 5.69 Å². The van der Waals surface area contributed by atoms with Crippen molar-refractivity contribution in [1.29, 1.82) is 0 Å². The molecule has 0 bridgehead atoms. The summed E-state index contributed by atoms with van der Waals surface area (Å²) in [5, 5.41) is 6.79. The summed E-state index contributed by atoms with van der Waals surface area (Å²) < 4.78 is 8.41. The van der Waals surface area contributed by atoms with Crippen molar-refractivity contribution in [3.05, 3.63) is 108 Å². The maximum Gasteiger partial charge on any atom is 0.335 e. The molecule has 3 aromatic carbocycles. The number of halogens is 2. The van der Waals surface area contributed by atoms with Gasteiger partial charge < -0.3 is 15.4 Å². The van der Waals surface area contributed by atoms with Crippen LogP contribution in [0.25, 0.3) is 16.6 Å². The predicted octanol–water partition coefficient (Wildman–Crippen LogP) is 5.32. The first-order chi connectivity index (χ1) is 21.7. The first kappa shape index (κ1) is 32.5. The topological polar surface area (TPSA) is 111 Å². The first-order valence-electron chi connectivity index (χ1n) is 15.2. The Labute approximate surface area is 271 Å². The van der Waals surface area contributed by atoms with Crippen molar-refractivity contribution in [2.75, 3.05) is 6.54 Å². The molecule has 1 saturated carbocycles. The zero-order valence-electron chi connectivity index (χ0n) is 25.3. The third-order valence-corrected chi connectivity index (χ3v) is 8.79. The number of carbonyl (C=O) groups is 2. The number of nitrogens with zero attached hydrogens (tertiary/aromatic N) is 2. The van der Waals surface area contributed by atoms with E-state index in [-0.39, 0.29) is 28.1 Å². The largest absolute Gasteiger partial charge is 0.461 e. The summed E-state index contributed by atoms with van der Waals surface area (Å²) in [5.41, 5.74) is 1.74. The van der Waals surface area contributed by atoms with E-state index in [1.807, 2.05) is 13.0 Å². The predicted molar refractivity (Wildman–Crippen MR) is 177 cm³/mol. The highest BCUT2D eigenvalue weighted by molar-refractivity contribution is 6.39. The third kappa shape index (κ3) is 7.32. The van der Waals surface area contributed by atoms with Crippen molar-refractivity contribution in [2.24, 2.45) is 7.05 Å². The van der Waals surface area contributed by atoms with Crippen LogP contribution in [-0.2, 0) is 29.5 Å². The fourth-order valence-corrected chi connectivity index (χ4v) is 6.27. The quantitative estimate of drug-likeness (QED) is 0.225. The number of nitrogens with one attached hydrogen (secondary N) is 2. The van der Waals surface area contributed by atoms with E-state index < -0.39 is 29.2 Å². The van der Waals surface area contributed by atoms with Gasteiger partial charge in [-0.2, -0.15) is 0 Å². The van der Waals surface area contributed by atoms with Crippen LogP contribution >= 0.6 is 23.2 Å². The van der Waals surface area contributed by atoms with Crippen LogP contribution in [0, 0.1) is 0 Å². The van der Waals surface area contributed by atoms with Crippen molar-refractivity contribution in [3.63, 3.8) is 0 Å². The molecule has 45 heavy (non-hydrogen) atoms. The third-order valence-electron chi connectivity index (χ3n) is 8.16.